The molecule has 1 aliphatic carbocycles. The van der Waals surface area contributed by atoms with Crippen LogP contribution in [0.2, 0.25) is 10.0 Å². The number of piperidine rings is 1. The predicted octanol–water partition coefficient (Wildman–Crippen LogP) is 4.77. The molecule has 4 unspecified atom stereocenters. The number of ether oxygens (including phenoxy) is 1. The number of likely N-dealkylation sites (N-methyl/N-ethyl adjacent to an activating group) is 1. The Labute approximate surface area is 206 Å². The summed E-state index contributed by atoms with van der Waals surface area (Å²) in [5, 5.41) is 11.2. The lowest BCUT2D eigenvalue weighted by Gasteiger charge is -2.56. The molecule has 1 heterocycles. The number of amides is 1. The van der Waals surface area contributed by atoms with E-state index in [1.54, 1.807) is 25.3 Å². The van der Waals surface area contributed by atoms with Crippen LogP contribution < -0.4 is 0 Å². The Balaban J connectivity index is 1.62. The second-order valence-corrected chi connectivity index (χ2v) is 10.4. The smallest absolute Gasteiger partial charge is 0.226 e. The second-order valence-electron chi connectivity index (χ2n) is 9.62. The largest absolute Gasteiger partial charge is 0.508 e. The highest BCUT2D eigenvalue weighted by atomic mass is 35.5. The maximum absolute atomic E-state index is 13.3. The van der Waals surface area contributed by atoms with Gasteiger partial charge in [-0.15, -0.1) is 0 Å². The van der Waals surface area contributed by atoms with Gasteiger partial charge in [-0.2, -0.15) is 0 Å². The van der Waals surface area contributed by atoms with Gasteiger partial charge < -0.3 is 19.6 Å². The molecule has 2 aliphatic rings. The van der Waals surface area contributed by atoms with Gasteiger partial charge >= 0.3 is 0 Å². The van der Waals surface area contributed by atoms with Crippen molar-refractivity contribution in [3.05, 3.63) is 63.6 Å². The lowest BCUT2D eigenvalue weighted by atomic mass is 9.56. The summed E-state index contributed by atoms with van der Waals surface area (Å²) in [7, 11) is 5.81. The average molecular weight is 491 g/mol. The number of methoxy groups -OCH3 is 1. The standard InChI is InChI=1S/C26H32Cl2N2O3/c1-29-10-9-26(18-5-4-6-20(31)13-18)15-19(14-24(33-3)21(26)16-29)30(2)25(32)12-17-7-8-22(27)23(28)11-17/h4-8,11,13,19,21,24,31H,9-10,12,14-16H2,1-3H3. The van der Waals surface area contributed by atoms with Crippen molar-refractivity contribution in [3.63, 3.8) is 0 Å². The van der Waals surface area contributed by atoms with Crippen LogP contribution >= 0.6 is 23.2 Å². The summed E-state index contributed by atoms with van der Waals surface area (Å²) >= 11 is 12.2. The van der Waals surface area contributed by atoms with Gasteiger partial charge in [0.1, 0.15) is 5.75 Å². The molecule has 1 saturated carbocycles. The molecule has 0 radical (unpaired) electrons. The normalized spacial score (nSPS) is 27.7. The number of nitrogens with zero attached hydrogens (tertiary/aromatic N) is 2. The third kappa shape index (κ3) is 4.88. The van der Waals surface area contributed by atoms with E-state index in [0.29, 0.717) is 10.0 Å². The number of rotatable bonds is 5. The summed E-state index contributed by atoms with van der Waals surface area (Å²) in [5.74, 6) is 0.614. The van der Waals surface area contributed by atoms with Crippen molar-refractivity contribution < 1.29 is 14.6 Å². The average Bonchev–Trinajstić information content (AvgIpc) is 2.80. The molecule has 0 bridgehead atoms. The minimum absolute atomic E-state index is 0.0223. The molecule has 2 fully saturated rings. The van der Waals surface area contributed by atoms with Crippen LogP contribution in [-0.4, -0.2) is 67.3 Å². The van der Waals surface area contributed by atoms with Crippen LogP contribution in [0, 0.1) is 5.92 Å². The van der Waals surface area contributed by atoms with Crippen LogP contribution in [0.3, 0.4) is 0 Å². The Bertz CT molecular complexity index is 1020. The maximum atomic E-state index is 13.3. The minimum Gasteiger partial charge on any atom is -0.508 e. The quantitative estimate of drug-likeness (QED) is 0.655. The molecular formula is C26H32Cl2N2O3. The van der Waals surface area contributed by atoms with E-state index >= 15 is 0 Å². The van der Waals surface area contributed by atoms with Crippen molar-refractivity contribution in [1.82, 2.24) is 9.80 Å². The molecule has 1 saturated heterocycles. The molecule has 5 nitrogen and oxygen atoms in total. The van der Waals surface area contributed by atoms with Gasteiger partial charge in [-0.1, -0.05) is 41.4 Å². The fourth-order valence-corrected chi connectivity index (χ4v) is 6.16. The monoisotopic (exact) mass is 490 g/mol. The van der Waals surface area contributed by atoms with Gasteiger partial charge in [-0.25, -0.2) is 0 Å². The summed E-state index contributed by atoms with van der Waals surface area (Å²) in [6, 6.07) is 13.0. The first-order chi connectivity index (χ1) is 15.7. The number of aromatic hydroxyl groups is 1. The molecule has 178 valence electrons. The molecule has 4 rings (SSSR count). The van der Waals surface area contributed by atoms with E-state index in [0.717, 1.165) is 43.5 Å². The number of hydrogen-bond donors (Lipinski definition) is 1. The minimum atomic E-state index is -0.160. The Kier molecular flexibility index (Phi) is 7.25. The van der Waals surface area contributed by atoms with Gasteiger partial charge in [0.2, 0.25) is 5.91 Å². The van der Waals surface area contributed by atoms with E-state index in [2.05, 4.69) is 18.0 Å². The Morgan fingerprint density at radius 1 is 1.24 bits per heavy atom. The topological polar surface area (TPSA) is 53.0 Å². The van der Waals surface area contributed by atoms with Crippen LogP contribution in [0.1, 0.15) is 30.4 Å². The van der Waals surface area contributed by atoms with E-state index in [-0.39, 0.29) is 41.6 Å². The first-order valence-corrected chi connectivity index (χ1v) is 12.2. The van der Waals surface area contributed by atoms with Crippen LogP contribution in [0.5, 0.6) is 5.75 Å². The molecule has 0 aromatic heterocycles. The highest BCUT2D eigenvalue weighted by molar-refractivity contribution is 6.42. The lowest BCUT2D eigenvalue weighted by molar-refractivity contribution is -0.136. The number of halogens is 2. The highest BCUT2D eigenvalue weighted by Crippen LogP contribution is 2.51. The SMILES string of the molecule is COC1CC(N(C)C(=O)Cc2ccc(Cl)c(Cl)c2)CC2(c3cccc(O)c3)CCN(C)CC12. The first-order valence-electron chi connectivity index (χ1n) is 11.4. The number of phenols is 1. The molecule has 2 aromatic rings. The fraction of sp³-hybridized carbons (Fsp3) is 0.500. The number of benzene rings is 2. The molecule has 1 aliphatic heterocycles. The third-order valence-electron chi connectivity index (χ3n) is 7.72. The van der Waals surface area contributed by atoms with Crippen molar-refractivity contribution >= 4 is 29.1 Å². The molecule has 2 aromatic carbocycles. The van der Waals surface area contributed by atoms with Crippen molar-refractivity contribution in [2.45, 2.75) is 43.2 Å². The molecule has 33 heavy (non-hydrogen) atoms. The summed E-state index contributed by atoms with van der Waals surface area (Å²) in [4.78, 5) is 17.5. The second kappa shape index (κ2) is 9.83. The number of carbonyl (C=O) groups excluding carboxylic acids is 1. The van der Waals surface area contributed by atoms with Gasteiger partial charge in [-0.05, 0) is 68.2 Å². The zero-order valence-corrected chi connectivity index (χ0v) is 20.9. The van der Waals surface area contributed by atoms with E-state index in [1.165, 1.54) is 0 Å². The number of hydrogen-bond acceptors (Lipinski definition) is 4. The number of carbonyl (C=O) groups is 1. The van der Waals surface area contributed by atoms with Crippen LogP contribution in [0.25, 0.3) is 0 Å². The number of fused-ring (bicyclic) bond motifs is 1. The molecule has 1 amide bonds. The fourth-order valence-electron chi connectivity index (χ4n) is 5.84. The van der Waals surface area contributed by atoms with E-state index < -0.39 is 0 Å². The summed E-state index contributed by atoms with van der Waals surface area (Å²) < 4.78 is 6.03. The number of likely N-dealkylation sites (tertiary alicyclic amines) is 1. The summed E-state index contributed by atoms with van der Waals surface area (Å²) in [5.41, 5.74) is 1.82. The Morgan fingerprint density at radius 3 is 2.73 bits per heavy atom. The Morgan fingerprint density at radius 2 is 2.03 bits per heavy atom. The zero-order valence-electron chi connectivity index (χ0n) is 19.4. The van der Waals surface area contributed by atoms with Crippen molar-refractivity contribution in [3.8, 4) is 5.75 Å². The molecule has 4 atom stereocenters. The summed E-state index contributed by atoms with van der Waals surface area (Å²) in [6.45, 7) is 1.90. The maximum Gasteiger partial charge on any atom is 0.226 e. The van der Waals surface area contributed by atoms with Gasteiger partial charge in [0.05, 0.1) is 22.6 Å². The van der Waals surface area contributed by atoms with E-state index in [9.17, 15) is 9.90 Å². The third-order valence-corrected chi connectivity index (χ3v) is 8.45. The van der Waals surface area contributed by atoms with Gasteiger partial charge in [-0.3, -0.25) is 4.79 Å². The highest BCUT2D eigenvalue weighted by Gasteiger charge is 2.53. The summed E-state index contributed by atoms with van der Waals surface area (Å²) in [6.07, 6.45) is 2.89. The lowest BCUT2D eigenvalue weighted by Crippen LogP contribution is -2.61. The Hall–Kier alpha value is -1.79. The van der Waals surface area contributed by atoms with Crippen LogP contribution in [-0.2, 0) is 21.4 Å². The molecule has 0 spiro atoms. The zero-order chi connectivity index (χ0) is 23.8. The molecule has 7 heteroatoms. The first kappa shape index (κ1) is 24.3. The van der Waals surface area contributed by atoms with E-state index in [4.69, 9.17) is 27.9 Å². The van der Waals surface area contributed by atoms with Crippen LogP contribution in [0.4, 0.5) is 0 Å². The predicted molar refractivity (Wildman–Crippen MR) is 132 cm³/mol. The van der Waals surface area contributed by atoms with Gasteiger partial charge in [0, 0.05) is 38.1 Å². The van der Waals surface area contributed by atoms with Crippen molar-refractivity contribution in [2.24, 2.45) is 5.92 Å². The van der Waals surface area contributed by atoms with Crippen molar-refractivity contribution in [1.29, 1.82) is 0 Å². The molecule has 1 N–H and O–H groups in total. The van der Waals surface area contributed by atoms with Crippen molar-refractivity contribution in [2.75, 3.05) is 34.3 Å². The van der Waals surface area contributed by atoms with E-state index in [1.807, 2.05) is 30.1 Å². The van der Waals surface area contributed by atoms with Crippen LogP contribution in [0.15, 0.2) is 42.5 Å². The molecular weight excluding hydrogens is 459 g/mol. The van der Waals surface area contributed by atoms with Gasteiger partial charge in [0.25, 0.3) is 0 Å². The van der Waals surface area contributed by atoms with Gasteiger partial charge in [0.15, 0.2) is 0 Å². The number of phenolic OH excluding ortho intramolecular Hbond substituents is 1.